The van der Waals surface area contributed by atoms with E-state index in [1.807, 2.05) is 38.1 Å². The van der Waals surface area contributed by atoms with Crippen molar-refractivity contribution in [3.05, 3.63) is 34.3 Å². The molecule has 0 saturated carbocycles. The molecule has 1 rings (SSSR count). The molecule has 0 radical (unpaired) electrons. The third-order valence-corrected chi connectivity index (χ3v) is 3.35. The second kappa shape index (κ2) is 4.97. The van der Waals surface area contributed by atoms with E-state index in [-0.39, 0.29) is 0 Å². The molecule has 0 fully saturated rings. The zero-order valence-corrected chi connectivity index (χ0v) is 11.2. The minimum absolute atomic E-state index is 0.395. The number of rotatable bonds is 3. The van der Waals surface area contributed by atoms with Gasteiger partial charge in [-0.1, -0.05) is 41.9 Å². The maximum absolute atomic E-state index is 11.4. The molecule has 0 amide bonds. The summed E-state index contributed by atoms with van der Waals surface area (Å²) in [7, 11) is 1.35. The predicted octanol–water partition coefficient (Wildman–Crippen LogP) is 2.23. The van der Waals surface area contributed by atoms with Gasteiger partial charge in [0.1, 0.15) is 6.04 Å². The third-order valence-electron chi connectivity index (χ3n) is 2.82. The van der Waals surface area contributed by atoms with E-state index in [1.54, 1.807) is 0 Å². The Kier molecular flexibility index (Phi) is 4.10. The van der Waals surface area contributed by atoms with Crippen LogP contribution in [0.4, 0.5) is 0 Å². The number of nitrogens with two attached hydrogens (primary N) is 1. The van der Waals surface area contributed by atoms with Crippen LogP contribution >= 0.6 is 15.9 Å². The Hall–Kier alpha value is -0.870. The van der Waals surface area contributed by atoms with Gasteiger partial charge in [-0.15, -0.1) is 0 Å². The Balaban J connectivity index is 3.01. The molecule has 0 heterocycles. The summed E-state index contributed by atoms with van der Waals surface area (Å²) in [6.45, 7) is 3.86. The van der Waals surface area contributed by atoms with Crippen molar-refractivity contribution in [2.45, 2.75) is 25.3 Å². The summed E-state index contributed by atoms with van der Waals surface area (Å²) in [6, 6.07) is 7.10. The third kappa shape index (κ3) is 2.62. The molecule has 1 atom stereocenters. The molecular formula is C12H16BrNO2. The van der Waals surface area contributed by atoms with E-state index in [0.717, 1.165) is 10.0 Å². The number of hydrogen-bond acceptors (Lipinski definition) is 3. The van der Waals surface area contributed by atoms with Crippen LogP contribution in [0.2, 0.25) is 0 Å². The van der Waals surface area contributed by atoms with Crippen molar-refractivity contribution in [2.75, 3.05) is 7.11 Å². The van der Waals surface area contributed by atoms with Crippen molar-refractivity contribution >= 4 is 21.9 Å². The van der Waals surface area contributed by atoms with Gasteiger partial charge in [0.2, 0.25) is 0 Å². The fraction of sp³-hybridized carbons (Fsp3) is 0.417. The number of halogens is 1. The SMILES string of the molecule is COC(=O)C(N)C(C)(C)c1ccc(Br)cc1. The van der Waals surface area contributed by atoms with Gasteiger partial charge in [0.15, 0.2) is 0 Å². The van der Waals surface area contributed by atoms with Gasteiger partial charge in [0, 0.05) is 9.89 Å². The Labute approximate surface area is 104 Å². The summed E-state index contributed by atoms with van der Waals surface area (Å²) < 4.78 is 5.67. The summed E-state index contributed by atoms with van der Waals surface area (Å²) in [5.74, 6) is -0.395. The van der Waals surface area contributed by atoms with Crippen LogP contribution in [0.3, 0.4) is 0 Å². The highest BCUT2D eigenvalue weighted by atomic mass is 79.9. The molecular weight excluding hydrogens is 270 g/mol. The fourth-order valence-electron chi connectivity index (χ4n) is 1.48. The van der Waals surface area contributed by atoms with Gasteiger partial charge in [-0.3, -0.25) is 4.79 Å². The molecule has 88 valence electrons. The van der Waals surface area contributed by atoms with Crippen molar-refractivity contribution in [1.29, 1.82) is 0 Å². The molecule has 1 unspecified atom stereocenters. The zero-order valence-electron chi connectivity index (χ0n) is 9.66. The van der Waals surface area contributed by atoms with E-state index in [9.17, 15) is 4.79 Å². The summed E-state index contributed by atoms with van der Waals surface area (Å²) in [4.78, 5) is 11.4. The van der Waals surface area contributed by atoms with Crippen molar-refractivity contribution in [1.82, 2.24) is 0 Å². The second-order valence-corrected chi connectivity index (χ2v) is 5.15. The number of hydrogen-bond donors (Lipinski definition) is 1. The molecule has 4 heteroatoms. The summed E-state index contributed by atoms with van der Waals surface area (Å²) >= 11 is 3.37. The van der Waals surface area contributed by atoms with Gasteiger partial charge < -0.3 is 10.5 Å². The van der Waals surface area contributed by atoms with E-state index >= 15 is 0 Å². The van der Waals surface area contributed by atoms with E-state index in [1.165, 1.54) is 7.11 Å². The van der Waals surface area contributed by atoms with Crippen molar-refractivity contribution in [2.24, 2.45) is 5.73 Å². The molecule has 2 N–H and O–H groups in total. The first-order valence-corrected chi connectivity index (χ1v) is 5.78. The first-order chi connectivity index (χ1) is 7.39. The highest BCUT2D eigenvalue weighted by Gasteiger charge is 2.34. The fourth-order valence-corrected chi connectivity index (χ4v) is 1.74. The van der Waals surface area contributed by atoms with Crippen LogP contribution in [0.5, 0.6) is 0 Å². The summed E-state index contributed by atoms with van der Waals surface area (Å²) in [5, 5.41) is 0. The van der Waals surface area contributed by atoms with Crippen LogP contribution in [0.1, 0.15) is 19.4 Å². The van der Waals surface area contributed by atoms with Crippen LogP contribution in [0.25, 0.3) is 0 Å². The summed E-state index contributed by atoms with van der Waals surface area (Å²) in [6.07, 6.45) is 0. The molecule has 0 bridgehead atoms. The topological polar surface area (TPSA) is 52.3 Å². The van der Waals surface area contributed by atoms with E-state index in [2.05, 4.69) is 20.7 Å². The minimum atomic E-state index is -0.668. The number of carbonyl (C=O) groups is 1. The summed E-state index contributed by atoms with van der Waals surface area (Å²) in [5.41, 5.74) is 6.45. The predicted molar refractivity (Wildman–Crippen MR) is 67.2 cm³/mol. The molecule has 0 aliphatic rings. The normalized spacial score (nSPS) is 13.3. The molecule has 0 aliphatic heterocycles. The van der Waals surface area contributed by atoms with Gasteiger partial charge in [-0.2, -0.15) is 0 Å². The average Bonchev–Trinajstić information content (AvgIpc) is 2.27. The molecule has 1 aromatic carbocycles. The Bertz CT molecular complexity index is 373. The quantitative estimate of drug-likeness (QED) is 0.867. The second-order valence-electron chi connectivity index (χ2n) is 4.23. The molecule has 0 aliphatic carbocycles. The van der Waals surface area contributed by atoms with E-state index in [0.29, 0.717) is 0 Å². The van der Waals surface area contributed by atoms with Crippen molar-refractivity contribution in [3.63, 3.8) is 0 Å². The van der Waals surface area contributed by atoms with E-state index < -0.39 is 17.4 Å². The van der Waals surface area contributed by atoms with Crippen molar-refractivity contribution in [3.8, 4) is 0 Å². The lowest BCUT2D eigenvalue weighted by Crippen LogP contribution is -2.47. The first kappa shape index (κ1) is 13.2. The molecule has 16 heavy (non-hydrogen) atoms. The zero-order chi connectivity index (χ0) is 12.3. The van der Waals surface area contributed by atoms with Gasteiger partial charge in [-0.25, -0.2) is 0 Å². The largest absolute Gasteiger partial charge is 0.468 e. The van der Waals surface area contributed by atoms with E-state index in [4.69, 9.17) is 5.73 Å². The highest BCUT2D eigenvalue weighted by molar-refractivity contribution is 9.10. The number of benzene rings is 1. The number of carbonyl (C=O) groups excluding carboxylic acids is 1. The standard InChI is InChI=1S/C12H16BrNO2/c1-12(2,10(14)11(15)16-3)8-4-6-9(13)7-5-8/h4-7,10H,14H2,1-3H3. The van der Waals surface area contributed by atoms with Crippen LogP contribution in [0.15, 0.2) is 28.7 Å². The maximum atomic E-state index is 11.4. The molecule has 0 spiro atoms. The molecule has 0 saturated heterocycles. The molecule has 0 aromatic heterocycles. The Morgan fingerprint density at radius 1 is 1.38 bits per heavy atom. The van der Waals surface area contributed by atoms with Crippen molar-refractivity contribution < 1.29 is 9.53 Å². The molecule has 3 nitrogen and oxygen atoms in total. The lowest BCUT2D eigenvalue weighted by Gasteiger charge is -2.30. The lowest BCUT2D eigenvalue weighted by atomic mass is 9.78. The van der Waals surface area contributed by atoms with Gasteiger partial charge in [0.25, 0.3) is 0 Å². The maximum Gasteiger partial charge on any atom is 0.323 e. The number of ether oxygens (including phenoxy) is 1. The number of esters is 1. The first-order valence-electron chi connectivity index (χ1n) is 4.99. The van der Waals surface area contributed by atoms with Crippen LogP contribution in [-0.2, 0) is 14.9 Å². The average molecular weight is 286 g/mol. The van der Waals surface area contributed by atoms with Crippen LogP contribution in [-0.4, -0.2) is 19.1 Å². The monoisotopic (exact) mass is 285 g/mol. The van der Waals surface area contributed by atoms with Gasteiger partial charge in [-0.05, 0) is 17.7 Å². The lowest BCUT2D eigenvalue weighted by molar-refractivity contribution is -0.143. The Morgan fingerprint density at radius 2 is 1.88 bits per heavy atom. The Morgan fingerprint density at radius 3 is 2.31 bits per heavy atom. The minimum Gasteiger partial charge on any atom is -0.468 e. The van der Waals surface area contributed by atoms with Crippen LogP contribution in [0, 0.1) is 0 Å². The highest BCUT2D eigenvalue weighted by Crippen LogP contribution is 2.27. The van der Waals surface area contributed by atoms with Gasteiger partial charge in [0.05, 0.1) is 7.11 Å². The van der Waals surface area contributed by atoms with Crippen LogP contribution < -0.4 is 5.73 Å². The molecule has 1 aromatic rings. The van der Waals surface area contributed by atoms with Gasteiger partial charge >= 0.3 is 5.97 Å². The number of methoxy groups -OCH3 is 1. The smallest absolute Gasteiger partial charge is 0.323 e.